The van der Waals surface area contributed by atoms with Crippen molar-refractivity contribution in [3.05, 3.63) is 65.1 Å². The predicted molar refractivity (Wildman–Crippen MR) is 127 cm³/mol. The Morgan fingerprint density at radius 1 is 1.22 bits per heavy atom. The molecule has 2 aliphatic rings. The summed E-state index contributed by atoms with van der Waals surface area (Å²) in [6.07, 6.45) is 5.60. The van der Waals surface area contributed by atoms with Gasteiger partial charge in [-0.25, -0.2) is 15.0 Å². The molecule has 0 saturated carbocycles. The minimum atomic E-state index is 0.168. The molecule has 4 aromatic rings. The van der Waals surface area contributed by atoms with E-state index in [1.165, 1.54) is 0 Å². The minimum Gasteiger partial charge on any atom is -0.354 e. The van der Waals surface area contributed by atoms with E-state index in [1.54, 1.807) is 11.8 Å². The molecule has 6 nitrogen and oxygen atoms in total. The van der Waals surface area contributed by atoms with E-state index >= 15 is 0 Å². The largest absolute Gasteiger partial charge is 0.354 e. The van der Waals surface area contributed by atoms with Crippen LogP contribution >= 0.6 is 23.4 Å². The number of fused-ring (bicyclic) bond motifs is 4. The molecule has 1 fully saturated rings. The maximum Gasteiger partial charge on any atom is 0.232 e. The first-order valence-electron chi connectivity index (χ1n) is 10.7. The normalized spacial score (nSPS) is 17.1. The zero-order chi connectivity index (χ0) is 21.8. The number of aromatic nitrogens is 4. The molecular formula is C24H22ClN6S+. The molecule has 3 aromatic heterocycles. The number of pyridine rings is 2. The lowest BCUT2D eigenvalue weighted by atomic mass is 10.1. The summed E-state index contributed by atoms with van der Waals surface area (Å²) in [5, 5.41) is 1.51. The number of hydrogen-bond donors (Lipinski definition) is 1. The van der Waals surface area contributed by atoms with Crippen molar-refractivity contribution in [1.29, 1.82) is 0 Å². The summed E-state index contributed by atoms with van der Waals surface area (Å²) >= 11 is 8.08. The highest BCUT2D eigenvalue weighted by Crippen LogP contribution is 2.45. The Bertz CT molecular complexity index is 1370. The van der Waals surface area contributed by atoms with E-state index in [2.05, 4.69) is 26.6 Å². The molecule has 4 heterocycles. The Labute approximate surface area is 195 Å². The lowest BCUT2D eigenvalue weighted by Gasteiger charge is -2.21. The van der Waals surface area contributed by atoms with Gasteiger partial charge < -0.3 is 10.6 Å². The zero-order valence-corrected chi connectivity index (χ0v) is 19.2. The molecule has 6 rings (SSSR count). The first kappa shape index (κ1) is 19.9. The van der Waals surface area contributed by atoms with Crippen molar-refractivity contribution in [1.82, 2.24) is 15.0 Å². The topological polar surface area (TPSA) is 71.8 Å². The van der Waals surface area contributed by atoms with Crippen molar-refractivity contribution >= 4 is 40.2 Å². The Morgan fingerprint density at radius 2 is 2.12 bits per heavy atom. The number of halogens is 1. The molecule has 160 valence electrons. The number of anilines is 1. The van der Waals surface area contributed by atoms with Gasteiger partial charge in [-0.1, -0.05) is 23.7 Å². The second-order valence-corrected chi connectivity index (χ2v) is 9.83. The van der Waals surface area contributed by atoms with Gasteiger partial charge in [0.25, 0.3) is 0 Å². The van der Waals surface area contributed by atoms with Gasteiger partial charge in [-0.2, -0.15) is 4.57 Å². The molecular weight excluding hydrogens is 440 g/mol. The van der Waals surface area contributed by atoms with Crippen molar-refractivity contribution in [3.8, 4) is 11.1 Å². The number of rotatable bonds is 3. The van der Waals surface area contributed by atoms with Crippen molar-refractivity contribution < 1.29 is 4.57 Å². The van der Waals surface area contributed by atoms with Gasteiger partial charge >= 0.3 is 0 Å². The second kappa shape index (κ2) is 7.69. The summed E-state index contributed by atoms with van der Waals surface area (Å²) in [6, 6.07) is 12.4. The highest BCUT2D eigenvalue weighted by atomic mass is 35.5. The fourth-order valence-electron chi connectivity index (χ4n) is 4.63. The number of nitrogens with zero attached hydrogens (tertiary/aromatic N) is 5. The molecule has 1 aliphatic heterocycles. The summed E-state index contributed by atoms with van der Waals surface area (Å²) in [5.74, 6) is 0.964. The Balaban J connectivity index is 1.45. The Hall–Kier alpha value is -2.74. The van der Waals surface area contributed by atoms with Gasteiger partial charge in [-0.05, 0) is 41.4 Å². The van der Waals surface area contributed by atoms with Crippen molar-refractivity contribution in [2.24, 2.45) is 12.8 Å². The Morgan fingerprint density at radius 3 is 2.97 bits per heavy atom. The highest BCUT2D eigenvalue weighted by Gasteiger charge is 2.31. The van der Waals surface area contributed by atoms with Gasteiger partial charge in [0, 0.05) is 59.4 Å². The highest BCUT2D eigenvalue weighted by molar-refractivity contribution is 7.99. The molecule has 0 radical (unpaired) electrons. The van der Waals surface area contributed by atoms with Gasteiger partial charge in [0.2, 0.25) is 5.52 Å². The van der Waals surface area contributed by atoms with E-state index < -0.39 is 0 Å². The van der Waals surface area contributed by atoms with Crippen LogP contribution in [-0.4, -0.2) is 34.1 Å². The van der Waals surface area contributed by atoms with Crippen LogP contribution in [0, 0.1) is 0 Å². The molecule has 1 aliphatic carbocycles. The average molecular weight is 462 g/mol. The van der Waals surface area contributed by atoms with Crippen LogP contribution in [0.2, 0.25) is 5.02 Å². The summed E-state index contributed by atoms with van der Waals surface area (Å²) in [4.78, 5) is 17.9. The van der Waals surface area contributed by atoms with Crippen molar-refractivity contribution in [2.45, 2.75) is 28.9 Å². The average Bonchev–Trinajstić information content (AvgIpc) is 3.38. The van der Waals surface area contributed by atoms with Gasteiger partial charge in [0.05, 0.1) is 5.69 Å². The van der Waals surface area contributed by atoms with Crippen LogP contribution in [0.4, 0.5) is 5.82 Å². The second-order valence-electron chi connectivity index (χ2n) is 8.39. The molecule has 2 N–H and O–H groups in total. The molecule has 1 aromatic carbocycles. The first-order valence-corrected chi connectivity index (χ1v) is 11.9. The standard InChI is InChI=1S/C24H22ClN6S/c1-30-8-3-6-19-21(30)10-15(12-27-19)32-24-28-20-11-17-16(4-2-5-18(17)25)22(20)23(29-24)31-9-7-14(26)13-31/h2-6,8,10,12,14H,7,9,11,13,26H2,1H3/q+1/t14-/m1/s1. The van der Waals surface area contributed by atoms with Crippen molar-refractivity contribution in [3.63, 3.8) is 0 Å². The lowest BCUT2D eigenvalue weighted by molar-refractivity contribution is -0.645. The SMILES string of the molecule is C[n+]1cccc2ncc(Sc3nc4c(c(N5CC[C@@H](N)C5)n3)-c3cccc(Cl)c3C4)cc21. The van der Waals surface area contributed by atoms with E-state index in [-0.39, 0.29) is 6.04 Å². The number of hydrogen-bond acceptors (Lipinski definition) is 6. The molecule has 0 bridgehead atoms. The zero-order valence-electron chi connectivity index (χ0n) is 17.6. The smallest absolute Gasteiger partial charge is 0.232 e. The fourth-order valence-corrected chi connectivity index (χ4v) is 5.65. The number of nitrogens with two attached hydrogens (primary N) is 1. The molecule has 1 saturated heterocycles. The molecule has 8 heteroatoms. The summed E-state index contributed by atoms with van der Waals surface area (Å²) in [7, 11) is 2.03. The molecule has 0 unspecified atom stereocenters. The van der Waals surface area contributed by atoms with Gasteiger partial charge in [0.15, 0.2) is 11.4 Å². The summed E-state index contributed by atoms with van der Waals surface area (Å²) in [6.45, 7) is 1.70. The fraction of sp³-hybridized carbons (Fsp3) is 0.250. The van der Waals surface area contributed by atoms with Crippen LogP contribution in [0.3, 0.4) is 0 Å². The third kappa shape index (κ3) is 3.32. The first-order chi connectivity index (χ1) is 15.6. The predicted octanol–water partition coefficient (Wildman–Crippen LogP) is 3.76. The quantitative estimate of drug-likeness (QED) is 0.326. The van der Waals surface area contributed by atoms with Crippen LogP contribution in [0.5, 0.6) is 0 Å². The lowest BCUT2D eigenvalue weighted by Crippen LogP contribution is -2.28. The van der Waals surface area contributed by atoms with E-state index in [0.717, 1.165) is 80.2 Å². The van der Waals surface area contributed by atoms with E-state index in [1.807, 2.05) is 43.7 Å². The monoisotopic (exact) mass is 461 g/mol. The maximum atomic E-state index is 6.54. The molecule has 32 heavy (non-hydrogen) atoms. The van der Waals surface area contributed by atoms with E-state index in [9.17, 15) is 0 Å². The minimum absolute atomic E-state index is 0.168. The molecule has 0 amide bonds. The maximum absolute atomic E-state index is 6.54. The van der Waals surface area contributed by atoms with Gasteiger partial charge in [-0.3, -0.25) is 0 Å². The van der Waals surface area contributed by atoms with Gasteiger partial charge in [-0.15, -0.1) is 0 Å². The van der Waals surface area contributed by atoms with Crippen LogP contribution in [-0.2, 0) is 13.5 Å². The van der Waals surface area contributed by atoms with Gasteiger partial charge in [0.1, 0.15) is 18.4 Å². The summed E-state index contributed by atoms with van der Waals surface area (Å²) < 4.78 is 2.08. The molecule has 0 spiro atoms. The number of aryl methyl sites for hydroxylation is 1. The van der Waals surface area contributed by atoms with Crippen LogP contribution < -0.4 is 15.2 Å². The van der Waals surface area contributed by atoms with Crippen molar-refractivity contribution in [2.75, 3.05) is 18.0 Å². The van der Waals surface area contributed by atoms with Crippen LogP contribution in [0.15, 0.2) is 58.8 Å². The van der Waals surface area contributed by atoms with Crippen LogP contribution in [0.1, 0.15) is 17.7 Å². The number of benzene rings is 1. The third-order valence-electron chi connectivity index (χ3n) is 6.23. The van der Waals surface area contributed by atoms with E-state index in [0.29, 0.717) is 0 Å². The third-order valence-corrected chi connectivity index (χ3v) is 7.40. The van der Waals surface area contributed by atoms with Crippen LogP contribution in [0.25, 0.3) is 22.2 Å². The molecule has 1 atom stereocenters. The summed E-state index contributed by atoms with van der Waals surface area (Å²) in [5.41, 5.74) is 12.7. The van der Waals surface area contributed by atoms with E-state index in [4.69, 9.17) is 27.3 Å². The Kier molecular flexibility index (Phi) is 4.78.